The Kier molecular flexibility index (Phi) is 4.82. The van der Waals surface area contributed by atoms with Crippen molar-refractivity contribution in [3.63, 3.8) is 0 Å². The van der Waals surface area contributed by atoms with E-state index in [-0.39, 0.29) is 0 Å². The van der Waals surface area contributed by atoms with Crippen LogP contribution in [-0.2, 0) is 0 Å². The van der Waals surface area contributed by atoms with Gasteiger partial charge in [-0.05, 0) is 18.8 Å². The molecule has 0 aromatic carbocycles. The van der Waals surface area contributed by atoms with E-state index in [1.807, 2.05) is 0 Å². The van der Waals surface area contributed by atoms with Gasteiger partial charge < -0.3 is 5.32 Å². The molecule has 1 saturated carbocycles. The van der Waals surface area contributed by atoms with Crippen LogP contribution in [0.5, 0.6) is 0 Å². The number of halogens is 1. The van der Waals surface area contributed by atoms with E-state index in [4.69, 9.17) is 11.6 Å². The Morgan fingerprint density at radius 3 is 2.77 bits per heavy atom. The van der Waals surface area contributed by atoms with Crippen molar-refractivity contribution < 1.29 is 0 Å². The van der Waals surface area contributed by atoms with Crippen molar-refractivity contribution in [1.29, 1.82) is 0 Å². The van der Waals surface area contributed by atoms with Crippen LogP contribution in [0.3, 0.4) is 0 Å². The number of rotatable bonds is 3. The quantitative estimate of drug-likeness (QED) is 0.691. The van der Waals surface area contributed by atoms with E-state index in [1.165, 1.54) is 32.1 Å². The van der Waals surface area contributed by atoms with Crippen molar-refractivity contribution >= 4 is 11.6 Å². The minimum absolute atomic E-state index is 0.651. The molecule has 0 heterocycles. The van der Waals surface area contributed by atoms with Gasteiger partial charge in [0.15, 0.2) is 0 Å². The van der Waals surface area contributed by atoms with Crippen LogP contribution in [0.1, 0.15) is 39.0 Å². The Balaban J connectivity index is 2.31. The maximum absolute atomic E-state index is 5.73. The molecule has 1 aliphatic rings. The number of nitrogens with one attached hydrogen (secondary N) is 1. The first-order valence-electron chi connectivity index (χ1n) is 5.27. The first-order chi connectivity index (χ1) is 6.20. The van der Waals surface area contributed by atoms with Gasteiger partial charge in [0.25, 0.3) is 0 Å². The molecular formula is C11H20ClN. The highest BCUT2D eigenvalue weighted by atomic mass is 35.5. The molecule has 0 aliphatic heterocycles. The van der Waals surface area contributed by atoms with Gasteiger partial charge in [-0.15, -0.1) is 0 Å². The third kappa shape index (κ3) is 4.15. The lowest BCUT2D eigenvalue weighted by molar-refractivity contribution is 0.368. The standard InChI is InChI=1S/C11H20ClN/c1-9-6-4-3-5-7-11(9)13-8-10(2)12/h9,11,13H,2-8H2,1H3. The summed E-state index contributed by atoms with van der Waals surface area (Å²) in [5, 5.41) is 4.20. The molecule has 0 bridgehead atoms. The van der Waals surface area contributed by atoms with E-state index in [9.17, 15) is 0 Å². The van der Waals surface area contributed by atoms with Gasteiger partial charge in [0.2, 0.25) is 0 Å². The molecule has 0 spiro atoms. The van der Waals surface area contributed by atoms with Crippen LogP contribution in [0, 0.1) is 5.92 Å². The van der Waals surface area contributed by atoms with Crippen LogP contribution in [-0.4, -0.2) is 12.6 Å². The zero-order valence-corrected chi connectivity index (χ0v) is 9.24. The van der Waals surface area contributed by atoms with Crippen LogP contribution in [0.4, 0.5) is 0 Å². The first-order valence-corrected chi connectivity index (χ1v) is 5.64. The van der Waals surface area contributed by atoms with E-state index < -0.39 is 0 Å². The molecule has 0 amide bonds. The molecule has 0 saturated heterocycles. The van der Waals surface area contributed by atoms with Gasteiger partial charge in [-0.3, -0.25) is 0 Å². The summed E-state index contributed by atoms with van der Waals surface area (Å²) >= 11 is 5.73. The summed E-state index contributed by atoms with van der Waals surface area (Å²) in [7, 11) is 0. The molecule has 1 nitrogen and oxygen atoms in total. The van der Waals surface area contributed by atoms with Gasteiger partial charge in [-0.1, -0.05) is 44.4 Å². The van der Waals surface area contributed by atoms with Gasteiger partial charge in [0.1, 0.15) is 0 Å². The topological polar surface area (TPSA) is 12.0 Å². The maximum atomic E-state index is 5.73. The van der Waals surface area contributed by atoms with Gasteiger partial charge in [-0.25, -0.2) is 0 Å². The fourth-order valence-corrected chi connectivity index (χ4v) is 2.12. The van der Waals surface area contributed by atoms with Gasteiger partial charge in [-0.2, -0.15) is 0 Å². The zero-order valence-electron chi connectivity index (χ0n) is 8.48. The van der Waals surface area contributed by atoms with Gasteiger partial charge in [0, 0.05) is 17.6 Å². The van der Waals surface area contributed by atoms with Gasteiger partial charge in [0.05, 0.1) is 0 Å². The predicted molar refractivity (Wildman–Crippen MR) is 59.0 cm³/mol. The number of hydrogen-bond acceptors (Lipinski definition) is 1. The zero-order chi connectivity index (χ0) is 9.68. The molecule has 2 unspecified atom stereocenters. The van der Waals surface area contributed by atoms with E-state index in [0.29, 0.717) is 6.04 Å². The average molecular weight is 202 g/mol. The molecule has 2 heteroatoms. The van der Waals surface area contributed by atoms with Crippen molar-refractivity contribution in [3.8, 4) is 0 Å². The first kappa shape index (κ1) is 11.1. The van der Waals surface area contributed by atoms with E-state index in [1.54, 1.807) is 0 Å². The Morgan fingerprint density at radius 2 is 2.08 bits per heavy atom. The molecule has 1 rings (SSSR count). The second kappa shape index (κ2) is 5.66. The lowest BCUT2D eigenvalue weighted by Gasteiger charge is -2.22. The summed E-state index contributed by atoms with van der Waals surface area (Å²) in [5.41, 5.74) is 0. The van der Waals surface area contributed by atoms with Crippen LogP contribution >= 0.6 is 11.6 Å². The molecule has 76 valence electrons. The lowest BCUT2D eigenvalue weighted by Crippen LogP contribution is -2.34. The largest absolute Gasteiger partial charge is 0.309 e. The van der Waals surface area contributed by atoms with Gasteiger partial charge >= 0.3 is 0 Å². The fourth-order valence-electron chi connectivity index (χ4n) is 2.04. The Morgan fingerprint density at radius 1 is 1.38 bits per heavy atom. The Bertz CT molecular complexity index is 167. The van der Waals surface area contributed by atoms with Crippen molar-refractivity contribution in [3.05, 3.63) is 11.6 Å². The minimum atomic E-state index is 0.651. The monoisotopic (exact) mass is 201 g/mol. The Labute approximate surface area is 86.5 Å². The SMILES string of the molecule is C=C(Cl)CNC1CCCCCC1C. The highest BCUT2D eigenvalue weighted by Crippen LogP contribution is 2.22. The molecule has 0 aromatic rings. The number of hydrogen-bond donors (Lipinski definition) is 1. The average Bonchev–Trinajstić information content (AvgIpc) is 2.27. The highest BCUT2D eigenvalue weighted by molar-refractivity contribution is 6.29. The van der Waals surface area contributed by atoms with E-state index in [2.05, 4.69) is 18.8 Å². The summed E-state index contributed by atoms with van der Waals surface area (Å²) < 4.78 is 0. The molecule has 1 N–H and O–H groups in total. The highest BCUT2D eigenvalue weighted by Gasteiger charge is 2.18. The molecule has 0 radical (unpaired) electrons. The molecule has 0 aromatic heterocycles. The second-order valence-electron chi connectivity index (χ2n) is 4.12. The molecule has 1 aliphatic carbocycles. The molecule has 2 atom stereocenters. The fraction of sp³-hybridized carbons (Fsp3) is 0.818. The second-order valence-corrected chi connectivity index (χ2v) is 4.65. The van der Waals surface area contributed by atoms with Crippen molar-refractivity contribution in [1.82, 2.24) is 5.32 Å². The van der Waals surface area contributed by atoms with E-state index >= 15 is 0 Å². The third-order valence-electron chi connectivity index (χ3n) is 2.92. The summed E-state index contributed by atoms with van der Waals surface area (Å²) in [6.07, 6.45) is 6.79. The van der Waals surface area contributed by atoms with Crippen LogP contribution in [0.2, 0.25) is 0 Å². The van der Waals surface area contributed by atoms with Crippen molar-refractivity contribution in [2.45, 2.75) is 45.1 Å². The molecule has 1 fully saturated rings. The summed E-state index contributed by atoms with van der Waals surface area (Å²) in [6, 6.07) is 0.651. The molecular weight excluding hydrogens is 182 g/mol. The van der Waals surface area contributed by atoms with Crippen LogP contribution < -0.4 is 5.32 Å². The summed E-state index contributed by atoms with van der Waals surface area (Å²) in [5.74, 6) is 0.790. The maximum Gasteiger partial charge on any atom is 0.0310 e. The summed E-state index contributed by atoms with van der Waals surface area (Å²) in [6.45, 7) is 6.78. The molecule has 13 heavy (non-hydrogen) atoms. The summed E-state index contributed by atoms with van der Waals surface area (Å²) in [4.78, 5) is 0. The van der Waals surface area contributed by atoms with Crippen LogP contribution in [0.25, 0.3) is 0 Å². The van der Waals surface area contributed by atoms with Crippen molar-refractivity contribution in [2.75, 3.05) is 6.54 Å². The van der Waals surface area contributed by atoms with E-state index in [0.717, 1.165) is 17.5 Å². The minimum Gasteiger partial charge on any atom is -0.309 e. The predicted octanol–water partition coefficient (Wildman–Crippen LogP) is 3.30. The Hall–Kier alpha value is -0.0100. The normalized spacial score (nSPS) is 29.7. The lowest BCUT2D eigenvalue weighted by atomic mass is 9.97. The third-order valence-corrected chi connectivity index (χ3v) is 3.05. The van der Waals surface area contributed by atoms with Crippen LogP contribution in [0.15, 0.2) is 11.6 Å². The smallest absolute Gasteiger partial charge is 0.0310 e. The van der Waals surface area contributed by atoms with Crippen molar-refractivity contribution in [2.24, 2.45) is 5.92 Å².